The van der Waals surface area contributed by atoms with Gasteiger partial charge in [0.2, 0.25) is 11.8 Å². The van der Waals surface area contributed by atoms with Gasteiger partial charge in [-0.3, -0.25) is 14.5 Å². The Morgan fingerprint density at radius 2 is 1.83 bits per heavy atom. The highest BCUT2D eigenvalue weighted by atomic mass is 16.2. The van der Waals surface area contributed by atoms with E-state index in [9.17, 15) is 9.59 Å². The molecule has 0 aliphatic carbocycles. The van der Waals surface area contributed by atoms with Gasteiger partial charge in [0.25, 0.3) is 0 Å². The Labute approximate surface area is 110 Å². The Hall–Kier alpha value is -0.900. The minimum Gasteiger partial charge on any atom is -0.314 e. The minimum absolute atomic E-state index is 0.0201. The monoisotopic (exact) mass is 254 g/mol. The van der Waals surface area contributed by atoms with Crippen LogP contribution < -0.4 is 5.32 Å². The fourth-order valence-corrected chi connectivity index (χ4v) is 2.26. The fraction of sp³-hybridized carbons (Fsp3) is 0.857. The summed E-state index contributed by atoms with van der Waals surface area (Å²) in [4.78, 5) is 25.0. The fourth-order valence-electron chi connectivity index (χ4n) is 2.26. The van der Waals surface area contributed by atoms with Gasteiger partial charge in [0.05, 0.1) is 0 Å². The number of likely N-dealkylation sites (tertiary alicyclic amines) is 1. The Kier molecular flexibility index (Phi) is 6.94. The zero-order chi connectivity index (χ0) is 13.4. The number of nitrogens with zero attached hydrogens (tertiary/aromatic N) is 1. The van der Waals surface area contributed by atoms with Gasteiger partial charge in [0.15, 0.2) is 0 Å². The van der Waals surface area contributed by atoms with Gasteiger partial charge in [-0.05, 0) is 45.6 Å². The average Bonchev–Trinajstić information content (AvgIpc) is 2.50. The van der Waals surface area contributed by atoms with E-state index in [1.54, 1.807) is 0 Å². The van der Waals surface area contributed by atoms with Gasteiger partial charge in [-0.15, -0.1) is 0 Å². The Balaban J connectivity index is 2.27. The predicted molar refractivity (Wildman–Crippen MR) is 72.2 cm³/mol. The van der Waals surface area contributed by atoms with E-state index >= 15 is 0 Å². The molecule has 0 spiro atoms. The molecule has 0 saturated carbocycles. The van der Waals surface area contributed by atoms with Crippen molar-refractivity contribution < 1.29 is 9.59 Å². The first-order chi connectivity index (χ1) is 8.65. The molecule has 1 rings (SSSR count). The average molecular weight is 254 g/mol. The van der Waals surface area contributed by atoms with Gasteiger partial charge in [-0.2, -0.15) is 0 Å². The number of hydrogen-bond acceptors (Lipinski definition) is 3. The molecule has 0 radical (unpaired) electrons. The van der Waals surface area contributed by atoms with E-state index in [1.165, 1.54) is 4.90 Å². The molecule has 0 bridgehead atoms. The van der Waals surface area contributed by atoms with Crippen molar-refractivity contribution in [3.63, 3.8) is 0 Å². The third kappa shape index (κ3) is 5.17. The van der Waals surface area contributed by atoms with Crippen LogP contribution in [0.1, 0.15) is 58.8 Å². The van der Waals surface area contributed by atoms with E-state index < -0.39 is 0 Å². The van der Waals surface area contributed by atoms with E-state index in [2.05, 4.69) is 19.2 Å². The summed E-state index contributed by atoms with van der Waals surface area (Å²) >= 11 is 0. The minimum atomic E-state index is 0.0201. The molecule has 0 aromatic heterocycles. The van der Waals surface area contributed by atoms with Gasteiger partial charge in [0, 0.05) is 25.4 Å². The van der Waals surface area contributed by atoms with Crippen LogP contribution in [-0.4, -0.2) is 35.8 Å². The van der Waals surface area contributed by atoms with Crippen molar-refractivity contribution >= 4 is 11.8 Å². The summed E-state index contributed by atoms with van der Waals surface area (Å²) in [6.45, 7) is 5.93. The van der Waals surface area contributed by atoms with Gasteiger partial charge in [-0.1, -0.05) is 6.92 Å². The van der Waals surface area contributed by atoms with Crippen molar-refractivity contribution in [3.05, 3.63) is 0 Å². The number of carbonyl (C=O) groups is 2. The lowest BCUT2D eigenvalue weighted by Gasteiger charge is -2.20. The van der Waals surface area contributed by atoms with E-state index in [-0.39, 0.29) is 11.8 Å². The Bertz CT molecular complexity index is 261. The number of hydrogen-bond donors (Lipinski definition) is 1. The molecule has 1 unspecified atom stereocenters. The summed E-state index contributed by atoms with van der Waals surface area (Å²) in [5, 5.41) is 3.42. The lowest BCUT2D eigenvalue weighted by atomic mass is 10.1. The maximum atomic E-state index is 11.8. The molecule has 1 atom stereocenters. The molecule has 18 heavy (non-hydrogen) atoms. The van der Waals surface area contributed by atoms with E-state index in [0.717, 1.165) is 38.6 Å². The van der Waals surface area contributed by atoms with Crippen molar-refractivity contribution in [2.24, 2.45) is 0 Å². The largest absolute Gasteiger partial charge is 0.314 e. The highest BCUT2D eigenvalue weighted by Crippen LogP contribution is 2.13. The van der Waals surface area contributed by atoms with E-state index in [1.807, 2.05) is 0 Å². The summed E-state index contributed by atoms with van der Waals surface area (Å²) in [6.07, 6.45) is 5.83. The van der Waals surface area contributed by atoms with Crippen LogP contribution in [-0.2, 0) is 9.59 Å². The Morgan fingerprint density at radius 1 is 1.22 bits per heavy atom. The van der Waals surface area contributed by atoms with Crippen LogP contribution in [0.25, 0.3) is 0 Å². The molecule has 1 N–H and O–H groups in total. The number of nitrogens with one attached hydrogen (secondary N) is 1. The van der Waals surface area contributed by atoms with E-state index in [4.69, 9.17) is 0 Å². The smallest absolute Gasteiger partial charge is 0.229 e. The maximum Gasteiger partial charge on any atom is 0.229 e. The quantitative estimate of drug-likeness (QED) is 0.708. The normalized spacial score (nSPS) is 18.9. The van der Waals surface area contributed by atoms with Crippen LogP contribution in [0.2, 0.25) is 0 Å². The van der Waals surface area contributed by atoms with Gasteiger partial charge >= 0.3 is 0 Å². The Morgan fingerprint density at radius 3 is 2.39 bits per heavy atom. The molecule has 1 saturated heterocycles. The number of carbonyl (C=O) groups excluding carboxylic acids is 2. The van der Waals surface area contributed by atoms with Crippen molar-refractivity contribution in [1.29, 1.82) is 0 Å². The summed E-state index contributed by atoms with van der Waals surface area (Å²) in [5.41, 5.74) is 0. The molecule has 1 aliphatic rings. The molecule has 1 fully saturated rings. The molecule has 104 valence electrons. The first-order valence-electron chi connectivity index (χ1n) is 7.21. The van der Waals surface area contributed by atoms with Crippen molar-refractivity contribution in [3.8, 4) is 0 Å². The first kappa shape index (κ1) is 15.2. The highest BCUT2D eigenvalue weighted by molar-refractivity contribution is 5.95. The van der Waals surface area contributed by atoms with Crippen molar-refractivity contribution in [1.82, 2.24) is 10.2 Å². The molecule has 1 heterocycles. The summed E-state index contributed by atoms with van der Waals surface area (Å²) < 4.78 is 0. The SMILES string of the molecule is CCCNC(C)CCCN1C(=O)CCCCC1=O. The van der Waals surface area contributed by atoms with Crippen molar-refractivity contribution in [2.45, 2.75) is 64.8 Å². The zero-order valence-electron chi connectivity index (χ0n) is 11.7. The second-order valence-corrected chi connectivity index (χ2v) is 5.14. The third-order valence-corrected chi connectivity index (χ3v) is 3.40. The second-order valence-electron chi connectivity index (χ2n) is 5.14. The molecule has 2 amide bonds. The number of rotatable bonds is 7. The summed E-state index contributed by atoms with van der Waals surface area (Å²) in [5.74, 6) is 0.0401. The first-order valence-corrected chi connectivity index (χ1v) is 7.21. The molecule has 1 aliphatic heterocycles. The molecular weight excluding hydrogens is 228 g/mol. The maximum absolute atomic E-state index is 11.8. The standard InChI is InChI=1S/C14H26N2O2/c1-3-10-15-12(2)7-6-11-16-13(17)8-4-5-9-14(16)18/h12,15H,3-11H2,1-2H3. The van der Waals surface area contributed by atoms with Crippen molar-refractivity contribution in [2.75, 3.05) is 13.1 Å². The van der Waals surface area contributed by atoms with Crippen LogP contribution in [0.15, 0.2) is 0 Å². The zero-order valence-corrected chi connectivity index (χ0v) is 11.7. The van der Waals surface area contributed by atoms with Gasteiger partial charge < -0.3 is 5.32 Å². The van der Waals surface area contributed by atoms with Gasteiger partial charge in [0.1, 0.15) is 0 Å². The van der Waals surface area contributed by atoms with Crippen LogP contribution >= 0.6 is 0 Å². The van der Waals surface area contributed by atoms with E-state index in [0.29, 0.717) is 25.4 Å². The number of imide groups is 1. The molecule has 0 aromatic rings. The third-order valence-electron chi connectivity index (χ3n) is 3.40. The lowest BCUT2D eigenvalue weighted by molar-refractivity contribution is -0.143. The van der Waals surface area contributed by atoms with Crippen LogP contribution in [0.4, 0.5) is 0 Å². The molecule has 0 aromatic carbocycles. The summed E-state index contributed by atoms with van der Waals surface area (Å²) in [6, 6.07) is 0.460. The van der Waals surface area contributed by atoms with Crippen LogP contribution in [0.3, 0.4) is 0 Å². The lowest BCUT2D eigenvalue weighted by Crippen LogP contribution is -2.36. The predicted octanol–water partition coefficient (Wildman–Crippen LogP) is 2.08. The molecule has 4 nitrogen and oxygen atoms in total. The van der Waals surface area contributed by atoms with Crippen LogP contribution in [0.5, 0.6) is 0 Å². The van der Waals surface area contributed by atoms with Gasteiger partial charge in [-0.25, -0.2) is 0 Å². The summed E-state index contributed by atoms with van der Waals surface area (Å²) in [7, 11) is 0. The molecule has 4 heteroatoms. The topological polar surface area (TPSA) is 49.4 Å². The second kappa shape index (κ2) is 8.25. The van der Waals surface area contributed by atoms with Crippen LogP contribution in [0, 0.1) is 0 Å². The number of amides is 2. The highest BCUT2D eigenvalue weighted by Gasteiger charge is 2.23. The molecular formula is C14H26N2O2.